The summed E-state index contributed by atoms with van der Waals surface area (Å²) < 4.78 is 5.27. The number of amides is 1. The summed E-state index contributed by atoms with van der Waals surface area (Å²) in [5.74, 6) is -1.76. The predicted molar refractivity (Wildman–Crippen MR) is 118 cm³/mol. The van der Waals surface area contributed by atoms with Gasteiger partial charge in [-0.15, -0.1) is 0 Å². The lowest BCUT2D eigenvalue weighted by Crippen LogP contribution is -2.30. The van der Waals surface area contributed by atoms with Crippen LogP contribution in [0.4, 0.5) is 11.4 Å². The van der Waals surface area contributed by atoms with Crippen molar-refractivity contribution in [2.75, 3.05) is 5.32 Å². The number of non-ortho nitro benzene ring substituents is 1. The van der Waals surface area contributed by atoms with E-state index < -0.39 is 22.9 Å². The van der Waals surface area contributed by atoms with Crippen LogP contribution in [0.15, 0.2) is 72.8 Å². The molecular weight excluding hydrogens is 412 g/mol. The highest BCUT2D eigenvalue weighted by Crippen LogP contribution is 2.18. The van der Waals surface area contributed by atoms with E-state index in [4.69, 9.17) is 4.74 Å². The van der Waals surface area contributed by atoms with Crippen molar-refractivity contribution < 1.29 is 24.0 Å². The molecule has 1 amide bonds. The normalized spacial score (nSPS) is 11.3. The molecule has 8 heteroatoms. The zero-order chi connectivity index (χ0) is 23.3. The van der Waals surface area contributed by atoms with Crippen LogP contribution in [0.2, 0.25) is 0 Å². The third-order valence-electron chi connectivity index (χ3n) is 4.70. The summed E-state index contributed by atoms with van der Waals surface area (Å²) in [6, 6.07) is 18.5. The SMILES string of the molecule is Cc1ccc(C(=O)c2ccccc2C(=O)OC(C)C(=O)Nc2ccc([N+](=O)[O-])cc2)cc1. The summed E-state index contributed by atoms with van der Waals surface area (Å²) >= 11 is 0. The number of anilines is 1. The number of hydrogen-bond donors (Lipinski definition) is 1. The van der Waals surface area contributed by atoms with Gasteiger partial charge in [0, 0.05) is 28.9 Å². The zero-order valence-corrected chi connectivity index (χ0v) is 17.4. The molecule has 0 bridgehead atoms. The average Bonchev–Trinajstić information content (AvgIpc) is 2.79. The van der Waals surface area contributed by atoms with Gasteiger partial charge in [0.1, 0.15) is 0 Å². The van der Waals surface area contributed by atoms with E-state index in [1.165, 1.54) is 43.3 Å². The van der Waals surface area contributed by atoms with Crippen LogP contribution in [0, 0.1) is 17.0 Å². The fourth-order valence-corrected chi connectivity index (χ4v) is 2.91. The van der Waals surface area contributed by atoms with Gasteiger partial charge in [-0.25, -0.2) is 4.79 Å². The van der Waals surface area contributed by atoms with Crippen LogP contribution in [0.3, 0.4) is 0 Å². The second kappa shape index (κ2) is 9.65. The Kier molecular flexibility index (Phi) is 6.74. The molecule has 8 nitrogen and oxygen atoms in total. The maximum Gasteiger partial charge on any atom is 0.339 e. The number of benzene rings is 3. The van der Waals surface area contributed by atoms with Gasteiger partial charge in [-0.1, -0.05) is 48.0 Å². The monoisotopic (exact) mass is 432 g/mol. The number of ether oxygens (including phenoxy) is 1. The molecule has 1 N–H and O–H groups in total. The van der Waals surface area contributed by atoms with E-state index >= 15 is 0 Å². The molecular formula is C24H20N2O6. The minimum absolute atomic E-state index is 0.0491. The largest absolute Gasteiger partial charge is 0.449 e. The Morgan fingerprint density at radius 2 is 1.50 bits per heavy atom. The Balaban J connectivity index is 1.71. The van der Waals surface area contributed by atoms with Crippen LogP contribution in [0.1, 0.15) is 38.8 Å². The van der Waals surface area contributed by atoms with Crippen LogP contribution in [0.5, 0.6) is 0 Å². The molecule has 1 atom stereocenters. The molecule has 3 rings (SSSR count). The van der Waals surface area contributed by atoms with E-state index in [2.05, 4.69) is 5.32 Å². The number of nitrogens with zero attached hydrogens (tertiary/aromatic N) is 1. The molecule has 0 aliphatic carbocycles. The Labute approximate surface area is 184 Å². The summed E-state index contributed by atoms with van der Waals surface area (Å²) in [5, 5.41) is 13.2. The predicted octanol–water partition coefficient (Wildman–Crippen LogP) is 4.32. The Morgan fingerprint density at radius 1 is 0.906 bits per heavy atom. The highest BCUT2D eigenvalue weighted by molar-refractivity contribution is 6.14. The molecule has 0 aliphatic heterocycles. The number of nitro benzene ring substituents is 1. The Bertz CT molecular complexity index is 1170. The number of esters is 1. The van der Waals surface area contributed by atoms with Crippen molar-refractivity contribution >= 4 is 29.0 Å². The van der Waals surface area contributed by atoms with Crippen LogP contribution < -0.4 is 5.32 Å². The Hall–Kier alpha value is -4.33. The van der Waals surface area contributed by atoms with Crippen molar-refractivity contribution in [2.45, 2.75) is 20.0 Å². The number of aryl methyl sites for hydroxylation is 1. The lowest BCUT2D eigenvalue weighted by molar-refractivity contribution is -0.384. The van der Waals surface area contributed by atoms with E-state index in [-0.39, 0.29) is 22.6 Å². The molecule has 0 aliphatic rings. The summed E-state index contributed by atoms with van der Waals surface area (Å²) in [4.78, 5) is 48.1. The molecule has 0 heterocycles. The topological polar surface area (TPSA) is 116 Å². The summed E-state index contributed by atoms with van der Waals surface area (Å²) in [7, 11) is 0. The standard InChI is InChI=1S/C24H20N2O6/c1-15-7-9-17(10-8-15)22(27)20-5-3-4-6-21(20)24(29)32-16(2)23(28)25-18-11-13-19(14-12-18)26(30)31/h3-14,16H,1-2H3,(H,25,28). The van der Waals surface area contributed by atoms with Gasteiger partial charge in [-0.3, -0.25) is 19.7 Å². The molecule has 0 saturated carbocycles. The molecule has 162 valence electrons. The average molecular weight is 432 g/mol. The molecule has 0 fully saturated rings. The van der Waals surface area contributed by atoms with E-state index in [0.717, 1.165) is 5.56 Å². The van der Waals surface area contributed by atoms with Crippen LogP contribution >= 0.6 is 0 Å². The third-order valence-corrected chi connectivity index (χ3v) is 4.70. The number of carbonyl (C=O) groups is 3. The summed E-state index contributed by atoms with van der Waals surface area (Å²) in [6.07, 6.45) is -1.17. The summed E-state index contributed by atoms with van der Waals surface area (Å²) in [6.45, 7) is 3.30. The van der Waals surface area contributed by atoms with Gasteiger partial charge in [0.05, 0.1) is 10.5 Å². The highest BCUT2D eigenvalue weighted by atomic mass is 16.6. The minimum atomic E-state index is -1.17. The molecule has 3 aromatic rings. The highest BCUT2D eigenvalue weighted by Gasteiger charge is 2.23. The van der Waals surface area contributed by atoms with Gasteiger partial charge in [-0.05, 0) is 32.0 Å². The van der Waals surface area contributed by atoms with Crippen LogP contribution in [-0.2, 0) is 9.53 Å². The Morgan fingerprint density at radius 3 is 2.09 bits per heavy atom. The van der Waals surface area contributed by atoms with E-state index in [1.54, 1.807) is 36.4 Å². The van der Waals surface area contributed by atoms with Crippen molar-refractivity contribution in [1.82, 2.24) is 0 Å². The fourth-order valence-electron chi connectivity index (χ4n) is 2.91. The van der Waals surface area contributed by atoms with Gasteiger partial charge in [0.15, 0.2) is 11.9 Å². The van der Waals surface area contributed by atoms with E-state index in [0.29, 0.717) is 11.3 Å². The number of ketones is 1. The van der Waals surface area contributed by atoms with Gasteiger partial charge < -0.3 is 10.1 Å². The minimum Gasteiger partial charge on any atom is -0.449 e. The maximum absolute atomic E-state index is 12.9. The first-order valence-corrected chi connectivity index (χ1v) is 9.73. The van der Waals surface area contributed by atoms with Crippen LogP contribution in [0.25, 0.3) is 0 Å². The first-order chi connectivity index (χ1) is 15.3. The zero-order valence-electron chi connectivity index (χ0n) is 17.4. The number of nitrogens with one attached hydrogen (secondary N) is 1. The van der Waals surface area contributed by atoms with Crippen molar-refractivity contribution in [2.24, 2.45) is 0 Å². The molecule has 0 aromatic heterocycles. The first kappa shape index (κ1) is 22.4. The fraction of sp³-hybridized carbons (Fsp3) is 0.125. The molecule has 0 radical (unpaired) electrons. The lowest BCUT2D eigenvalue weighted by Gasteiger charge is -2.15. The third kappa shape index (κ3) is 5.23. The van der Waals surface area contributed by atoms with Gasteiger partial charge in [-0.2, -0.15) is 0 Å². The summed E-state index contributed by atoms with van der Waals surface area (Å²) in [5.41, 5.74) is 1.86. The molecule has 32 heavy (non-hydrogen) atoms. The first-order valence-electron chi connectivity index (χ1n) is 9.73. The second-order valence-corrected chi connectivity index (χ2v) is 7.08. The van der Waals surface area contributed by atoms with Crippen molar-refractivity contribution in [3.8, 4) is 0 Å². The van der Waals surface area contributed by atoms with Crippen LogP contribution in [-0.4, -0.2) is 28.7 Å². The maximum atomic E-state index is 12.9. The number of hydrogen-bond acceptors (Lipinski definition) is 6. The molecule has 0 spiro atoms. The second-order valence-electron chi connectivity index (χ2n) is 7.08. The number of rotatable bonds is 7. The smallest absolute Gasteiger partial charge is 0.339 e. The van der Waals surface area contributed by atoms with Gasteiger partial charge in [0.25, 0.3) is 11.6 Å². The van der Waals surface area contributed by atoms with Gasteiger partial charge >= 0.3 is 5.97 Å². The molecule has 0 saturated heterocycles. The van der Waals surface area contributed by atoms with E-state index in [1.807, 2.05) is 6.92 Å². The van der Waals surface area contributed by atoms with E-state index in [9.17, 15) is 24.5 Å². The van der Waals surface area contributed by atoms with Crippen molar-refractivity contribution in [1.29, 1.82) is 0 Å². The van der Waals surface area contributed by atoms with Crippen molar-refractivity contribution in [3.63, 3.8) is 0 Å². The number of carbonyl (C=O) groups excluding carboxylic acids is 3. The quantitative estimate of drug-likeness (QED) is 0.257. The van der Waals surface area contributed by atoms with Crippen molar-refractivity contribution in [3.05, 3.63) is 105 Å². The number of nitro groups is 1. The molecule has 3 aromatic carbocycles. The lowest BCUT2D eigenvalue weighted by atomic mass is 9.98. The molecule has 1 unspecified atom stereocenters. The van der Waals surface area contributed by atoms with Gasteiger partial charge in [0.2, 0.25) is 0 Å².